The highest BCUT2D eigenvalue weighted by Crippen LogP contribution is 2.10. The van der Waals surface area contributed by atoms with Gasteiger partial charge in [0.2, 0.25) is 0 Å². The van der Waals surface area contributed by atoms with Gasteiger partial charge in [-0.15, -0.1) is 0 Å². The summed E-state index contributed by atoms with van der Waals surface area (Å²) in [6.07, 6.45) is 3.76. The zero-order chi connectivity index (χ0) is 9.26. The quantitative estimate of drug-likeness (QED) is 0.454. The van der Waals surface area contributed by atoms with Crippen LogP contribution in [0.4, 0.5) is 0 Å². The van der Waals surface area contributed by atoms with Gasteiger partial charge in [-0.3, -0.25) is 4.79 Å². The summed E-state index contributed by atoms with van der Waals surface area (Å²) in [5.74, 6) is 0.0202. The highest BCUT2D eigenvalue weighted by Gasteiger charge is 2.21. The predicted octanol–water partition coefficient (Wildman–Crippen LogP) is 0.166. The molecule has 1 fully saturated rings. The lowest BCUT2D eigenvalue weighted by Gasteiger charge is -2.30. The summed E-state index contributed by atoms with van der Waals surface area (Å²) in [4.78, 5) is 13.3. The predicted molar refractivity (Wildman–Crippen MR) is 45.9 cm³/mol. The molecule has 1 aromatic heterocycles. The smallest absolute Gasteiger partial charge is 0.254 e. The molecule has 13 heavy (non-hydrogen) atoms. The summed E-state index contributed by atoms with van der Waals surface area (Å²) in [6, 6.07) is 3.10. The second kappa shape index (κ2) is 3.05. The maximum absolute atomic E-state index is 11.6. The molecule has 0 aromatic carbocycles. The Labute approximate surface area is 76.0 Å². The van der Waals surface area contributed by atoms with Crippen LogP contribution in [0.25, 0.3) is 0 Å². The lowest BCUT2D eigenvalue weighted by molar-refractivity contribution is -0.605. The van der Waals surface area contributed by atoms with Gasteiger partial charge in [-0.2, -0.15) is 4.73 Å². The number of likely N-dealkylation sites (tertiary alicyclic amines) is 1. The van der Waals surface area contributed by atoms with Crippen LogP contribution in [0, 0.1) is 5.21 Å². The Balaban J connectivity index is 2.15. The molecule has 0 atom stereocenters. The number of carbonyl (C=O) groups excluding carboxylic acids is 1. The van der Waals surface area contributed by atoms with Crippen LogP contribution >= 0.6 is 0 Å². The molecule has 1 amide bonds. The highest BCUT2D eigenvalue weighted by molar-refractivity contribution is 5.94. The first-order valence-corrected chi connectivity index (χ1v) is 4.25. The molecule has 0 aliphatic carbocycles. The molecule has 1 aromatic rings. The molecule has 0 radical (unpaired) electrons. The Morgan fingerprint density at radius 3 is 2.46 bits per heavy atom. The largest absolute Gasteiger partial charge is 0.619 e. The minimum Gasteiger partial charge on any atom is -0.619 e. The number of rotatable bonds is 1. The van der Waals surface area contributed by atoms with Crippen LogP contribution in [-0.4, -0.2) is 23.9 Å². The van der Waals surface area contributed by atoms with Gasteiger partial charge in [-0.1, -0.05) is 0 Å². The average molecular weight is 178 g/mol. The topological polar surface area (TPSA) is 47.2 Å². The monoisotopic (exact) mass is 178 g/mol. The number of amides is 1. The molecular weight excluding hydrogens is 168 g/mol. The number of aromatic nitrogens is 1. The van der Waals surface area contributed by atoms with E-state index < -0.39 is 0 Å². The Morgan fingerprint density at radius 1 is 1.38 bits per heavy atom. The lowest BCUT2D eigenvalue weighted by Crippen LogP contribution is -2.42. The molecule has 0 N–H and O–H groups in total. The molecular formula is C9H10N2O2. The summed E-state index contributed by atoms with van der Waals surface area (Å²) in [6.45, 7) is 1.68. The van der Waals surface area contributed by atoms with E-state index in [0.717, 1.165) is 19.5 Å². The van der Waals surface area contributed by atoms with Crippen molar-refractivity contribution in [2.45, 2.75) is 6.42 Å². The summed E-state index contributed by atoms with van der Waals surface area (Å²) in [5, 5.41) is 10.7. The van der Waals surface area contributed by atoms with Crippen LogP contribution in [0.2, 0.25) is 0 Å². The molecule has 0 unspecified atom stereocenters. The second-order valence-corrected chi connectivity index (χ2v) is 3.09. The first-order valence-electron chi connectivity index (χ1n) is 4.25. The van der Waals surface area contributed by atoms with E-state index in [4.69, 9.17) is 0 Å². The summed E-state index contributed by atoms with van der Waals surface area (Å²) < 4.78 is 0.673. The van der Waals surface area contributed by atoms with Gasteiger partial charge in [-0.05, 0) is 6.42 Å². The Hall–Kier alpha value is -1.58. The van der Waals surface area contributed by atoms with E-state index in [-0.39, 0.29) is 5.91 Å². The summed E-state index contributed by atoms with van der Waals surface area (Å²) in [7, 11) is 0. The molecule has 4 nitrogen and oxygen atoms in total. The molecule has 2 rings (SSSR count). The van der Waals surface area contributed by atoms with E-state index in [1.54, 1.807) is 17.0 Å². The van der Waals surface area contributed by atoms with Gasteiger partial charge in [0.15, 0.2) is 12.4 Å². The van der Waals surface area contributed by atoms with Crippen molar-refractivity contribution in [1.29, 1.82) is 0 Å². The van der Waals surface area contributed by atoms with Gasteiger partial charge in [0, 0.05) is 25.2 Å². The maximum Gasteiger partial charge on any atom is 0.254 e. The van der Waals surface area contributed by atoms with E-state index in [0.29, 0.717) is 10.3 Å². The first-order chi connectivity index (χ1) is 6.27. The molecule has 2 heterocycles. The van der Waals surface area contributed by atoms with Crippen LogP contribution in [0.15, 0.2) is 24.5 Å². The van der Waals surface area contributed by atoms with Crippen LogP contribution in [0.3, 0.4) is 0 Å². The summed E-state index contributed by atoms with van der Waals surface area (Å²) in [5.41, 5.74) is 0.590. The molecule has 1 aliphatic heterocycles. The fourth-order valence-corrected chi connectivity index (χ4v) is 1.26. The van der Waals surface area contributed by atoms with Gasteiger partial charge in [-0.25, -0.2) is 0 Å². The van der Waals surface area contributed by atoms with Crippen LogP contribution in [0.5, 0.6) is 0 Å². The standard InChI is InChI=1S/C9H10N2O2/c12-9(10-4-1-5-10)8-2-6-11(13)7-3-8/h2-3,6-7H,1,4-5H2. The number of hydrogen-bond acceptors (Lipinski definition) is 2. The van der Waals surface area contributed by atoms with E-state index in [9.17, 15) is 10.0 Å². The van der Waals surface area contributed by atoms with E-state index in [1.807, 2.05) is 0 Å². The van der Waals surface area contributed by atoms with E-state index in [2.05, 4.69) is 0 Å². The van der Waals surface area contributed by atoms with E-state index in [1.165, 1.54) is 12.4 Å². The van der Waals surface area contributed by atoms with Crippen molar-refractivity contribution >= 4 is 5.91 Å². The number of pyridine rings is 1. The Morgan fingerprint density at radius 2 is 2.00 bits per heavy atom. The second-order valence-electron chi connectivity index (χ2n) is 3.09. The van der Waals surface area contributed by atoms with Crippen LogP contribution in [0.1, 0.15) is 16.8 Å². The van der Waals surface area contributed by atoms with Crippen molar-refractivity contribution in [2.24, 2.45) is 0 Å². The fraction of sp³-hybridized carbons (Fsp3) is 0.333. The average Bonchev–Trinajstić information content (AvgIpc) is 2.02. The minimum absolute atomic E-state index is 0.0202. The third-order valence-electron chi connectivity index (χ3n) is 2.19. The number of carbonyl (C=O) groups is 1. The van der Waals surface area contributed by atoms with Crippen molar-refractivity contribution in [3.05, 3.63) is 35.3 Å². The number of nitrogens with zero attached hydrogens (tertiary/aromatic N) is 2. The lowest BCUT2D eigenvalue weighted by atomic mass is 10.1. The van der Waals surface area contributed by atoms with Gasteiger partial charge >= 0.3 is 0 Å². The first kappa shape index (κ1) is 8.04. The third-order valence-corrected chi connectivity index (χ3v) is 2.19. The SMILES string of the molecule is O=C(c1cc[n+]([O-])cc1)N1CCC1. The van der Waals surface area contributed by atoms with Crippen molar-refractivity contribution < 1.29 is 9.52 Å². The molecule has 4 heteroatoms. The van der Waals surface area contributed by atoms with Gasteiger partial charge in [0.1, 0.15) is 0 Å². The van der Waals surface area contributed by atoms with Crippen molar-refractivity contribution in [1.82, 2.24) is 4.90 Å². The van der Waals surface area contributed by atoms with Gasteiger partial charge < -0.3 is 10.1 Å². The maximum atomic E-state index is 11.6. The molecule has 1 saturated heterocycles. The fourth-order valence-electron chi connectivity index (χ4n) is 1.26. The number of hydrogen-bond donors (Lipinski definition) is 0. The van der Waals surface area contributed by atoms with Crippen molar-refractivity contribution in [3.8, 4) is 0 Å². The van der Waals surface area contributed by atoms with Crippen molar-refractivity contribution in [2.75, 3.05) is 13.1 Å². The Bertz CT molecular complexity index is 317. The van der Waals surface area contributed by atoms with Crippen LogP contribution < -0.4 is 4.73 Å². The summed E-state index contributed by atoms with van der Waals surface area (Å²) >= 11 is 0. The molecule has 0 spiro atoms. The molecule has 1 aliphatic rings. The minimum atomic E-state index is 0.0202. The molecule has 0 bridgehead atoms. The zero-order valence-electron chi connectivity index (χ0n) is 7.14. The Kier molecular flexibility index (Phi) is 1.88. The zero-order valence-corrected chi connectivity index (χ0v) is 7.14. The highest BCUT2D eigenvalue weighted by atomic mass is 16.5. The van der Waals surface area contributed by atoms with Gasteiger partial charge in [0.25, 0.3) is 5.91 Å². The van der Waals surface area contributed by atoms with Crippen molar-refractivity contribution in [3.63, 3.8) is 0 Å². The molecule has 68 valence electrons. The normalized spacial score (nSPS) is 15.2. The van der Waals surface area contributed by atoms with Crippen LogP contribution in [-0.2, 0) is 0 Å². The molecule has 0 saturated carbocycles. The van der Waals surface area contributed by atoms with E-state index >= 15 is 0 Å². The third kappa shape index (κ3) is 1.47. The van der Waals surface area contributed by atoms with Gasteiger partial charge in [0.05, 0.1) is 5.56 Å².